The van der Waals surface area contributed by atoms with Gasteiger partial charge in [-0.25, -0.2) is 9.18 Å². The van der Waals surface area contributed by atoms with Gasteiger partial charge in [0.05, 0.1) is 0 Å². The van der Waals surface area contributed by atoms with E-state index < -0.39 is 17.4 Å². The van der Waals surface area contributed by atoms with E-state index in [0.717, 1.165) is 0 Å². The molecule has 0 spiro atoms. The van der Waals surface area contributed by atoms with E-state index in [1.54, 1.807) is 31.2 Å². The van der Waals surface area contributed by atoms with Gasteiger partial charge in [-0.2, -0.15) is 0 Å². The lowest BCUT2D eigenvalue weighted by Crippen LogP contribution is -2.38. The van der Waals surface area contributed by atoms with Gasteiger partial charge in [0.25, 0.3) is 0 Å². The normalized spacial score (nSPS) is 11.2. The van der Waals surface area contributed by atoms with Crippen LogP contribution >= 0.6 is 0 Å². The van der Waals surface area contributed by atoms with Crippen LogP contribution < -0.4 is 15.2 Å². The summed E-state index contributed by atoms with van der Waals surface area (Å²) in [5.74, 6) is -0.211. The summed E-state index contributed by atoms with van der Waals surface area (Å²) in [6.45, 7) is 4.93. The van der Waals surface area contributed by atoms with Crippen LogP contribution in [0.15, 0.2) is 36.4 Å². The highest BCUT2D eigenvalue weighted by Crippen LogP contribution is 2.30. The average molecular weight is 333 g/mol. The fourth-order valence-electron chi connectivity index (χ4n) is 2.05. The Kier molecular flexibility index (Phi) is 5.09. The van der Waals surface area contributed by atoms with Crippen LogP contribution in [0.3, 0.4) is 0 Å². The zero-order valence-corrected chi connectivity index (χ0v) is 13.8. The Labute approximate surface area is 139 Å². The van der Waals surface area contributed by atoms with Crippen LogP contribution in [0, 0.1) is 12.7 Å². The van der Waals surface area contributed by atoms with Crippen molar-refractivity contribution in [2.45, 2.75) is 32.9 Å². The predicted molar refractivity (Wildman–Crippen MR) is 87.9 cm³/mol. The third kappa shape index (κ3) is 4.23. The lowest BCUT2D eigenvalue weighted by atomic mass is 10.1. The standard InChI is InChI=1S/C18H20FNO4/c1-11-6-14(4-5-16(11)24-18(2,3)17(21)22)23-15-8-12(10-20)7-13(19)9-15/h4-9H,10,20H2,1-3H3,(H,21,22). The Balaban J connectivity index is 2.21. The van der Waals surface area contributed by atoms with Crippen LogP contribution in [0.2, 0.25) is 0 Å². The molecule has 2 aromatic rings. The fraction of sp³-hybridized carbons (Fsp3) is 0.278. The van der Waals surface area contributed by atoms with Crippen LogP contribution in [0.5, 0.6) is 17.2 Å². The molecule has 0 unspecified atom stereocenters. The molecule has 2 aromatic carbocycles. The molecule has 0 radical (unpaired) electrons. The first-order chi connectivity index (χ1) is 11.2. The number of aryl methyl sites for hydroxylation is 1. The van der Waals surface area contributed by atoms with Crippen LogP contribution in [0.25, 0.3) is 0 Å². The highest BCUT2D eigenvalue weighted by Gasteiger charge is 2.29. The fourth-order valence-corrected chi connectivity index (χ4v) is 2.05. The van der Waals surface area contributed by atoms with E-state index in [2.05, 4.69) is 0 Å². The summed E-state index contributed by atoms with van der Waals surface area (Å²) < 4.78 is 24.7. The third-order valence-corrected chi connectivity index (χ3v) is 3.43. The number of benzene rings is 2. The van der Waals surface area contributed by atoms with Crippen molar-refractivity contribution in [2.24, 2.45) is 5.73 Å². The van der Waals surface area contributed by atoms with E-state index in [-0.39, 0.29) is 6.54 Å². The maximum absolute atomic E-state index is 13.5. The van der Waals surface area contributed by atoms with Crippen molar-refractivity contribution in [2.75, 3.05) is 0 Å². The van der Waals surface area contributed by atoms with E-state index in [0.29, 0.717) is 28.4 Å². The van der Waals surface area contributed by atoms with Crippen molar-refractivity contribution in [3.63, 3.8) is 0 Å². The summed E-state index contributed by atoms with van der Waals surface area (Å²) in [6, 6.07) is 9.23. The van der Waals surface area contributed by atoms with Gasteiger partial charge in [0.2, 0.25) is 0 Å². The van der Waals surface area contributed by atoms with Crippen molar-refractivity contribution in [1.82, 2.24) is 0 Å². The van der Waals surface area contributed by atoms with Gasteiger partial charge in [0, 0.05) is 12.6 Å². The molecule has 0 amide bonds. The van der Waals surface area contributed by atoms with Crippen molar-refractivity contribution >= 4 is 5.97 Å². The van der Waals surface area contributed by atoms with Crippen molar-refractivity contribution in [1.29, 1.82) is 0 Å². The lowest BCUT2D eigenvalue weighted by molar-refractivity contribution is -0.152. The molecule has 0 heterocycles. The number of carboxylic acid groups (broad SMARTS) is 1. The van der Waals surface area contributed by atoms with Crippen LogP contribution in [-0.4, -0.2) is 16.7 Å². The van der Waals surface area contributed by atoms with Gasteiger partial charge in [-0.05, 0) is 62.2 Å². The monoisotopic (exact) mass is 333 g/mol. The molecule has 128 valence electrons. The average Bonchev–Trinajstić information content (AvgIpc) is 2.49. The maximum atomic E-state index is 13.5. The molecule has 0 aliphatic carbocycles. The van der Waals surface area contributed by atoms with Crippen LogP contribution in [0.4, 0.5) is 4.39 Å². The topological polar surface area (TPSA) is 81.8 Å². The van der Waals surface area contributed by atoms with Crippen molar-refractivity contribution < 1.29 is 23.8 Å². The van der Waals surface area contributed by atoms with Gasteiger partial charge < -0.3 is 20.3 Å². The number of halogens is 1. The number of hydrogen-bond donors (Lipinski definition) is 2. The second-order valence-electron chi connectivity index (χ2n) is 5.95. The molecule has 0 aliphatic rings. The smallest absolute Gasteiger partial charge is 0.347 e. The minimum atomic E-state index is -1.34. The Bertz CT molecular complexity index is 759. The highest BCUT2D eigenvalue weighted by atomic mass is 19.1. The maximum Gasteiger partial charge on any atom is 0.347 e. The molecule has 24 heavy (non-hydrogen) atoms. The van der Waals surface area contributed by atoms with Gasteiger partial charge in [-0.15, -0.1) is 0 Å². The minimum absolute atomic E-state index is 0.212. The summed E-state index contributed by atoms with van der Waals surface area (Å²) in [4.78, 5) is 11.1. The second kappa shape index (κ2) is 6.88. The summed E-state index contributed by atoms with van der Waals surface area (Å²) >= 11 is 0. The number of nitrogens with two attached hydrogens (primary N) is 1. The van der Waals surface area contributed by atoms with E-state index in [9.17, 15) is 9.18 Å². The highest BCUT2D eigenvalue weighted by molar-refractivity contribution is 5.76. The molecule has 5 nitrogen and oxygen atoms in total. The minimum Gasteiger partial charge on any atom is -0.478 e. The van der Waals surface area contributed by atoms with Crippen LogP contribution in [-0.2, 0) is 11.3 Å². The van der Waals surface area contributed by atoms with E-state index in [1.165, 1.54) is 26.0 Å². The number of rotatable bonds is 6. The molecule has 0 saturated carbocycles. The van der Waals surface area contributed by atoms with Crippen molar-refractivity contribution in [3.05, 3.63) is 53.3 Å². The molecular formula is C18H20FNO4. The quantitative estimate of drug-likeness (QED) is 0.843. The third-order valence-electron chi connectivity index (χ3n) is 3.43. The van der Waals surface area contributed by atoms with Gasteiger partial charge in [0.15, 0.2) is 5.60 Å². The van der Waals surface area contributed by atoms with Gasteiger partial charge >= 0.3 is 5.97 Å². The Hall–Kier alpha value is -2.60. The molecule has 6 heteroatoms. The molecule has 0 aliphatic heterocycles. The first-order valence-corrected chi connectivity index (χ1v) is 7.42. The second-order valence-corrected chi connectivity index (χ2v) is 5.95. The van der Waals surface area contributed by atoms with Gasteiger partial charge in [-0.3, -0.25) is 0 Å². The molecule has 0 atom stereocenters. The first kappa shape index (κ1) is 17.7. The zero-order valence-electron chi connectivity index (χ0n) is 13.8. The Morgan fingerprint density at radius 3 is 2.50 bits per heavy atom. The Morgan fingerprint density at radius 2 is 1.92 bits per heavy atom. The molecule has 0 aromatic heterocycles. The number of aliphatic carboxylic acids is 1. The van der Waals surface area contributed by atoms with E-state index in [4.69, 9.17) is 20.3 Å². The predicted octanol–water partition coefficient (Wildman–Crippen LogP) is 3.63. The molecular weight excluding hydrogens is 313 g/mol. The largest absolute Gasteiger partial charge is 0.478 e. The number of carboxylic acids is 1. The molecule has 0 bridgehead atoms. The summed E-state index contributed by atoms with van der Waals surface area (Å²) in [6.07, 6.45) is 0. The van der Waals surface area contributed by atoms with Crippen molar-refractivity contribution in [3.8, 4) is 17.2 Å². The number of carbonyl (C=O) groups is 1. The summed E-state index contributed by atoms with van der Waals surface area (Å²) in [5.41, 5.74) is 5.52. The molecule has 0 fully saturated rings. The Morgan fingerprint density at radius 1 is 1.21 bits per heavy atom. The van der Waals surface area contributed by atoms with Crippen LogP contribution in [0.1, 0.15) is 25.0 Å². The van der Waals surface area contributed by atoms with Gasteiger partial charge in [-0.1, -0.05) is 0 Å². The zero-order chi connectivity index (χ0) is 17.9. The first-order valence-electron chi connectivity index (χ1n) is 7.42. The summed E-state index contributed by atoms with van der Waals surface area (Å²) in [5, 5.41) is 9.12. The number of ether oxygens (including phenoxy) is 2. The number of hydrogen-bond acceptors (Lipinski definition) is 4. The summed E-state index contributed by atoms with van der Waals surface area (Å²) in [7, 11) is 0. The van der Waals surface area contributed by atoms with E-state index in [1.807, 2.05) is 0 Å². The molecule has 0 saturated heterocycles. The van der Waals surface area contributed by atoms with Gasteiger partial charge in [0.1, 0.15) is 23.1 Å². The molecule has 2 rings (SSSR count). The molecule has 3 N–H and O–H groups in total. The van der Waals surface area contributed by atoms with E-state index >= 15 is 0 Å². The lowest BCUT2D eigenvalue weighted by Gasteiger charge is -2.23. The SMILES string of the molecule is Cc1cc(Oc2cc(F)cc(CN)c2)ccc1OC(C)(C)C(=O)O.